The summed E-state index contributed by atoms with van der Waals surface area (Å²) in [6, 6.07) is 0. The van der Waals surface area contributed by atoms with E-state index in [1.807, 2.05) is 0 Å². The molecular weight excluding hydrogens is 187 g/mol. The van der Waals surface area contributed by atoms with Crippen molar-refractivity contribution in [3.05, 3.63) is 0 Å². The van der Waals surface area contributed by atoms with Crippen molar-refractivity contribution in [3.8, 4) is 0 Å². The highest BCUT2D eigenvalue weighted by molar-refractivity contribution is 7.59. The summed E-state index contributed by atoms with van der Waals surface area (Å²) in [6.07, 6.45) is 4.34. The minimum absolute atomic E-state index is 0.119. The topological polar surface area (TPSA) is 43.4 Å². The Hall–Kier alpha value is -0.140. The molecule has 13 heavy (non-hydrogen) atoms. The Labute approximate surface area is 79.3 Å². The summed E-state index contributed by atoms with van der Waals surface area (Å²) in [6.45, 7) is 1.53. The van der Waals surface area contributed by atoms with Crippen molar-refractivity contribution in [2.45, 2.75) is 25.7 Å². The summed E-state index contributed by atoms with van der Waals surface area (Å²) in [5.41, 5.74) is 0. The second-order valence-electron chi connectivity index (χ2n) is 3.80. The second-order valence-corrected chi connectivity index (χ2v) is 6.51. The minimum Gasteiger partial charge on any atom is -0.332 e. The van der Waals surface area contributed by atoms with Gasteiger partial charge in [-0.1, -0.05) is 12.8 Å². The van der Waals surface area contributed by atoms with E-state index in [0.717, 1.165) is 25.7 Å². The van der Waals surface area contributed by atoms with E-state index in [9.17, 15) is 9.36 Å². The summed E-state index contributed by atoms with van der Waals surface area (Å²) < 4.78 is 16.3. The molecule has 1 aliphatic carbocycles. The van der Waals surface area contributed by atoms with Gasteiger partial charge in [-0.05, 0) is 12.8 Å². The van der Waals surface area contributed by atoms with Gasteiger partial charge >= 0.3 is 0 Å². The van der Waals surface area contributed by atoms with Gasteiger partial charge in [-0.25, -0.2) is 0 Å². The fourth-order valence-electron chi connectivity index (χ4n) is 1.72. The van der Waals surface area contributed by atoms with Gasteiger partial charge in [-0.3, -0.25) is 9.36 Å². The third-order valence-electron chi connectivity index (χ3n) is 2.64. The molecule has 3 nitrogen and oxygen atoms in total. The van der Waals surface area contributed by atoms with Crippen molar-refractivity contribution >= 4 is 13.2 Å². The number of Topliss-reactive ketones (excluding diaryl/α,β-unsaturated/α-hetero) is 1. The molecule has 1 unspecified atom stereocenters. The first-order valence-electron chi connectivity index (χ1n) is 4.70. The number of carbonyl (C=O) groups excluding carboxylic acids is 1. The molecule has 1 rings (SSSR count). The van der Waals surface area contributed by atoms with E-state index in [-0.39, 0.29) is 17.9 Å². The Morgan fingerprint density at radius 2 is 2.00 bits per heavy atom. The average Bonchev–Trinajstić information content (AvgIpc) is 2.55. The predicted octanol–water partition coefficient (Wildman–Crippen LogP) is 2.30. The van der Waals surface area contributed by atoms with Gasteiger partial charge in [0.2, 0.25) is 7.37 Å². The molecule has 4 heteroatoms. The van der Waals surface area contributed by atoms with Gasteiger partial charge in [-0.2, -0.15) is 0 Å². The molecule has 1 atom stereocenters. The zero-order valence-corrected chi connectivity index (χ0v) is 9.18. The van der Waals surface area contributed by atoms with E-state index < -0.39 is 7.37 Å². The largest absolute Gasteiger partial charge is 0.332 e. The molecule has 0 radical (unpaired) electrons. The Kier molecular flexibility index (Phi) is 3.69. The quantitative estimate of drug-likeness (QED) is 0.660. The molecule has 0 bridgehead atoms. The van der Waals surface area contributed by atoms with E-state index in [2.05, 4.69) is 0 Å². The van der Waals surface area contributed by atoms with Crippen molar-refractivity contribution in [1.82, 2.24) is 0 Å². The van der Waals surface area contributed by atoms with Crippen LogP contribution in [0.1, 0.15) is 25.7 Å². The van der Waals surface area contributed by atoms with Gasteiger partial charge in [0, 0.05) is 19.7 Å². The van der Waals surface area contributed by atoms with Crippen molar-refractivity contribution < 1.29 is 13.9 Å². The van der Waals surface area contributed by atoms with E-state index in [0.29, 0.717) is 0 Å². The number of hydrogen-bond acceptors (Lipinski definition) is 3. The van der Waals surface area contributed by atoms with Crippen LogP contribution in [0.25, 0.3) is 0 Å². The lowest BCUT2D eigenvalue weighted by Gasteiger charge is -2.12. The van der Waals surface area contributed by atoms with Gasteiger partial charge < -0.3 is 4.52 Å². The van der Waals surface area contributed by atoms with Crippen LogP contribution in [0.4, 0.5) is 0 Å². The molecule has 1 aliphatic rings. The van der Waals surface area contributed by atoms with E-state index in [1.165, 1.54) is 13.8 Å². The van der Waals surface area contributed by atoms with Crippen LogP contribution >= 0.6 is 7.37 Å². The number of ketones is 1. The van der Waals surface area contributed by atoms with Crippen LogP contribution in [0.2, 0.25) is 0 Å². The zero-order chi connectivity index (χ0) is 9.90. The molecule has 76 valence electrons. The first-order valence-corrected chi connectivity index (χ1v) is 6.96. The van der Waals surface area contributed by atoms with E-state index in [4.69, 9.17) is 4.52 Å². The average molecular weight is 204 g/mol. The van der Waals surface area contributed by atoms with Crippen molar-refractivity contribution in [1.29, 1.82) is 0 Å². The first-order chi connectivity index (χ1) is 6.05. The van der Waals surface area contributed by atoms with Crippen LogP contribution in [-0.4, -0.2) is 25.7 Å². The molecular formula is C9H17O3P. The smallest absolute Gasteiger partial charge is 0.207 e. The van der Waals surface area contributed by atoms with Gasteiger partial charge in [0.15, 0.2) is 0 Å². The summed E-state index contributed by atoms with van der Waals surface area (Å²) in [5, 5.41) is 0. The van der Waals surface area contributed by atoms with Crippen LogP contribution in [0.15, 0.2) is 0 Å². The fraction of sp³-hybridized carbons (Fsp3) is 0.889. The predicted molar refractivity (Wildman–Crippen MR) is 52.4 cm³/mol. The van der Waals surface area contributed by atoms with Crippen molar-refractivity contribution in [2.24, 2.45) is 5.92 Å². The maximum atomic E-state index is 11.6. The van der Waals surface area contributed by atoms with Gasteiger partial charge in [-0.15, -0.1) is 0 Å². The van der Waals surface area contributed by atoms with Crippen LogP contribution in [-0.2, 0) is 13.9 Å². The Balaban J connectivity index is 2.44. The summed E-state index contributed by atoms with van der Waals surface area (Å²) in [7, 11) is -1.23. The third kappa shape index (κ3) is 3.24. The highest BCUT2D eigenvalue weighted by Crippen LogP contribution is 2.42. The molecule has 1 saturated carbocycles. The highest BCUT2D eigenvalue weighted by Gasteiger charge is 2.27. The Morgan fingerprint density at radius 1 is 1.46 bits per heavy atom. The Morgan fingerprint density at radius 3 is 2.46 bits per heavy atom. The summed E-state index contributed by atoms with van der Waals surface area (Å²) >= 11 is 0. The standard InChI is InChI=1S/C9H17O3P/c1-12-13(2,11)7-9(10)8-5-3-4-6-8/h8H,3-7H2,1-2H3. The second kappa shape index (κ2) is 4.39. The fourth-order valence-corrected chi connectivity index (χ4v) is 2.68. The van der Waals surface area contributed by atoms with E-state index >= 15 is 0 Å². The van der Waals surface area contributed by atoms with Gasteiger partial charge in [0.1, 0.15) is 5.78 Å². The first kappa shape index (κ1) is 10.9. The molecule has 0 amide bonds. The van der Waals surface area contributed by atoms with Crippen LogP contribution < -0.4 is 0 Å². The summed E-state index contributed by atoms with van der Waals surface area (Å²) in [4.78, 5) is 11.6. The minimum atomic E-state index is -2.63. The van der Waals surface area contributed by atoms with Gasteiger partial charge in [0.05, 0.1) is 6.16 Å². The molecule has 0 spiro atoms. The third-order valence-corrected chi connectivity index (χ3v) is 4.30. The van der Waals surface area contributed by atoms with Crippen molar-refractivity contribution in [2.75, 3.05) is 19.9 Å². The maximum absolute atomic E-state index is 11.6. The molecule has 0 aliphatic heterocycles. The lowest BCUT2D eigenvalue weighted by Crippen LogP contribution is -2.15. The maximum Gasteiger partial charge on any atom is 0.207 e. The normalized spacial score (nSPS) is 22.9. The molecule has 0 heterocycles. The summed E-state index contributed by atoms with van der Waals surface area (Å²) in [5.74, 6) is 0.286. The SMILES string of the molecule is COP(C)(=O)CC(=O)C1CCCC1. The zero-order valence-electron chi connectivity index (χ0n) is 8.28. The number of carbonyl (C=O) groups is 1. The van der Waals surface area contributed by atoms with Crippen LogP contribution in [0.3, 0.4) is 0 Å². The molecule has 0 aromatic rings. The number of rotatable bonds is 4. The highest BCUT2D eigenvalue weighted by atomic mass is 31.2. The van der Waals surface area contributed by atoms with Crippen molar-refractivity contribution in [3.63, 3.8) is 0 Å². The van der Waals surface area contributed by atoms with Gasteiger partial charge in [0.25, 0.3) is 0 Å². The van der Waals surface area contributed by atoms with Crippen LogP contribution in [0.5, 0.6) is 0 Å². The lowest BCUT2D eigenvalue weighted by molar-refractivity contribution is -0.120. The van der Waals surface area contributed by atoms with E-state index in [1.54, 1.807) is 0 Å². The lowest BCUT2D eigenvalue weighted by atomic mass is 10.0. The Bertz CT molecular complexity index is 231. The molecule has 0 aromatic heterocycles. The molecule has 1 fully saturated rings. The monoisotopic (exact) mass is 204 g/mol. The van der Waals surface area contributed by atoms with Crippen LogP contribution in [0, 0.1) is 5.92 Å². The molecule has 0 saturated heterocycles. The number of hydrogen-bond donors (Lipinski definition) is 0. The molecule has 0 aromatic carbocycles. The molecule has 0 N–H and O–H groups in total.